The van der Waals surface area contributed by atoms with Gasteiger partial charge in [-0.05, 0) is 29.1 Å². The minimum Gasteiger partial charge on any atom is -0.293 e. The summed E-state index contributed by atoms with van der Waals surface area (Å²) in [6.07, 6.45) is -0.107. The number of halogens is 1. The highest BCUT2D eigenvalue weighted by Gasteiger charge is 2.47. The third-order valence-electron chi connectivity index (χ3n) is 4.67. The predicted octanol–water partition coefficient (Wildman–Crippen LogP) is 2.91. The second kappa shape index (κ2) is 7.40. The monoisotopic (exact) mass is 388 g/mol. The van der Waals surface area contributed by atoms with Crippen LogP contribution in [0.5, 0.6) is 0 Å². The van der Waals surface area contributed by atoms with Crippen LogP contribution >= 0.6 is 11.3 Å². The topological polar surface area (TPSA) is 74.8 Å². The van der Waals surface area contributed by atoms with Crippen molar-refractivity contribution in [2.24, 2.45) is 5.92 Å². The molecule has 2 heterocycles. The van der Waals surface area contributed by atoms with E-state index in [2.05, 4.69) is 0 Å². The molecule has 1 atom stereocenters. The molecule has 1 aromatic carbocycles. The summed E-state index contributed by atoms with van der Waals surface area (Å²) in [5.41, 5.74) is 0.490. The molecule has 1 aromatic heterocycles. The van der Waals surface area contributed by atoms with Crippen molar-refractivity contribution in [1.29, 1.82) is 0 Å². The minimum absolute atomic E-state index is 0.107. The lowest BCUT2D eigenvalue weighted by Gasteiger charge is -2.36. The van der Waals surface area contributed by atoms with Crippen LogP contribution in [0, 0.1) is 11.7 Å². The van der Waals surface area contributed by atoms with Crippen molar-refractivity contribution in [2.45, 2.75) is 12.3 Å². The Hall–Kier alpha value is -2.87. The Labute approximate surface area is 159 Å². The Morgan fingerprint density at radius 1 is 1.07 bits per heavy atom. The lowest BCUT2D eigenvalue weighted by atomic mass is 9.79. The van der Waals surface area contributed by atoms with Crippen LogP contribution in [-0.2, 0) is 9.59 Å². The number of urea groups is 1. The maximum atomic E-state index is 13.3. The molecular weight excluding hydrogens is 371 g/mol. The normalized spacial score (nSPS) is 16.8. The molecule has 1 saturated heterocycles. The summed E-state index contributed by atoms with van der Waals surface area (Å²) < 4.78 is 13.3. The molecular formula is C19H17FN2O4S. The van der Waals surface area contributed by atoms with E-state index in [0.717, 1.165) is 9.80 Å². The number of Topliss-reactive ketones (excluding diaryl/α,β-unsaturated/α-hetero) is 1. The van der Waals surface area contributed by atoms with Crippen molar-refractivity contribution in [2.75, 3.05) is 14.1 Å². The van der Waals surface area contributed by atoms with E-state index in [0.29, 0.717) is 10.4 Å². The number of ketones is 1. The van der Waals surface area contributed by atoms with E-state index in [1.54, 1.807) is 17.5 Å². The largest absolute Gasteiger partial charge is 0.332 e. The molecule has 0 aliphatic carbocycles. The van der Waals surface area contributed by atoms with Gasteiger partial charge in [0, 0.05) is 26.4 Å². The number of hydrogen-bond donors (Lipinski definition) is 0. The number of nitrogens with zero attached hydrogens (tertiary/aromatic N) is 2. The van der Waals surface area contributed by atoms with Crippen LogP contribution in [0.4, 0.5) is 9.18 Å². The average Bonchev–Trinajstić information content (AvgIpc) is 3.19. The fourth-order valence-corrected chi connectivity index (χ4v) is 3.83. The summed E-state index contributed by atoms with van der Waals surface area (Å²) in [4.78, 5) is 52.3. The number of carbonyl (C=O) groups excluding carboxylic acids is 4. The molecule has 1 aliphatic rings. The van der Waals surface area contributed by atoms with Crippen LogP contribution in [0.15, 0.2) is 41.8 Å². The molecule has 1 aliphatic heterocycles. The summed E-state index contributed by atoms with van der Waals surface area (Å²) >= 11 is 1.27. The molecule has 0 bridgehead atoms. The molecule has 0 N–H and O–H groups in total. The summed E-state index contributed by atoms with van der Waals surface area (Å²) in [6, 6.07) is 8.03. The van der Waals surface area contributed by atoms with Gasteiger partial charge in [0.2, 0.25) is 11.8 Å². The number of thiophene rings is 1. The second-order valence-electron chi connectivity index (χ2n) is 6.32. The van der Waals surface area contributed by atoms with Crippen molar-refractivity contribution < 1.29 is 23.6 Å². The second-order valence-corrected chi connectivity index (χ2v) is 7.27. The molecule has 1 unspecified atom stereocenters. The Kier molecular flexibility index (Phi) is 5.18. The quantitative estimate of drug-likeness (QED) is 0.583. The molecule has 0 spiro atoms. The van der Waals surface area contributed by atoms with Gasteiger partial charge >= 0.3 is 6.03 Å². The average molecular weight is 388 g/mol. The minimum atomic E-state index is -1.23. The third kappa shape index (κ3) is 3.52. The van der Waals surface area contributed by atoms with Gasteiger partial charge in [-0.15, -0.1) is 11.3 Å². The predicted molar refractivity (Wildman–Crippen MR) is 96.8 cm³/mol. The van der Waals surface area contributed by atoms with Crippen molar-refractivity contribution in [1.82, 2.24) is 9.80 Å². The number of carbonyl (C=O) groups is 4. The van der Waals surface area contributed by atoms with Gasteiger partial charge in [0.25, 0.3) is 0 Å². The maximum absolute atomic E-state index is 13.3. The molecule has 140 valence electrons. The number of hydrogen-bond acceptors (Lipinski definition) is 5. The van der Waals surface area contributed by atoms with E-state index in [-0.39, 0.29) is 12.2 Å². The van der Waals surface area contributed by atoms with Gasteiger partial charge in [-0.25, -0.2) is 9.18 Å². The van der Waals surface area contributed by atoms with Crippen LogP contribution in [0.25, 0.3) is 0 Å². The van der Waals surface area contributed by atoms with E-state index < -0.39 is 35.5 Å². The van der Waals surface area contributed by atoms with Gasteiger partial charge in [-0.1, -0.05) is 18.2 Å². The first kappa shape index (κ1) is 18.9. The fraction of sp³-hybridized carbons (Fsp3) is 0.263. The molecule has 0 radical (unpaired) electrons. The zero-order valence-electron chi connectivity index (χ0n) is 14.7. The van der Waals surface area contributed by atoms with Crippen molar-refractivity contribution in [3.63, 3.8) is 0 Å². The lowest BCUT2D eigenvalue weighted by molar-refractivity contribution is -0.148. The number of amides is 4. The first-order valence-corrected chi connectivity index (χ1v) is 9.10. The zero-order chi connectivity index (χ0) is 19.7. The van der Waals surface area contributed by atoms with Crippen molar-refractivity contribution >= 4 is 35.0 Å². The highest BCUT2D eigenvalue weighted by atomic mass is 32.1. The zero-order valence-corrected chi connectivity index (χ0v) is 15.5. The molecule has 2 aromatic rings. The van der Waals surface area contributed by atoms with Crippen LogP contribution in [0.3, 0.4) is 0 Å². The van der Waals surface area contributed by atoms with Crippen LogP contribution in [0.2, 0.25) is 0 Å². The Balaban J connectivity index is 2.01. The standard InChI is InChI=1S/C19H17FN2O4S/c1-21-17(24)16(18(25)22(2)19(21)26)13(11-5-7-12(20)8-6-11)10-14(23)15-4-3-9-27-15/h3-9,13,16H,10H2,1-2H3. The molecule has 3 rings (SSSR count). The Morgan fingerprint density at radius 3 is 2.19 bits per heavy atom. The molecule has 1 fully saturated rings. The van der Waals surface area contributed by atoms with Crippen LogP contribution in [0.1, 0.15) is 27.6 Å². The highest BCUT2D eigenvalue weighted by molar-refractivity contribution is 7.12. The molecule has 6 nitrogen and oxygen atoms in total. The van der Waals surface area contributed by atoms with E-state index in [1.807, 2.05) is 0 Å². The first-order valence-electron chi connectivity index (χ1n) is 8.22. The molecule has 8 heteroatoms. The third-order valence-corrected chi connectivity index (χ3v) is 5.58. The SMILES string of the molecule is CN1C(=O)C(C(CC(=O)c2cccs2)c2ccc(F)cc2)C(=O)N(C)C1=O. The summed E-state index contributed by atoms with van der Waals surface area (Å²) in [5.74, 6) is -4.06. The number of imide groups is 2. The fourth-order valence-electron chi connectivity index (χ4n) is 3.16. The van der Waals surface area contributed by atoms with E-state index in [9.17, 15) is 23.6 Å². The number of rotatable bonds is 5. The van der Waals surface area contributed by atoms with E-state index in [4.69, 9.17) is 0 Å². The van der Waals surface area contributed by atoms with Gasteiger partial charge < -0.3 is 0 Å². The Morgan fingerprint density at radius 2 is 1.67 bits per heavy atom. The first-order chi connectivity index (χ1) is 12.8. The molecule has 27 heavy (non-hydrogen) atoms. The van der Waals surface area contributed by atoms with Crippen molar-refractivity contribution in [3.05, 3.63) is 58.0 Å². The maximum Gasteiger partial charge on any atom is 0.332 e. The van der Waals surface area contributed by atoms with Crippen LogP contribution < -0.4 is 0 Å². The van der Waals surface area contributed by atoms with Gasteiger partial charge in [-0.2, -0.15) is 0 Å². The summed E-state index contributed by atoms with van der Waals surface area (Å²) in [7, 11) is 2.59. The lowest BCUT2D eigenvalue weighted by Crippen LogP contribution is -2.58. The summed E-state index contributed by atoms with van der Waals surface area (Å²) in [5, 5.41) is 1.76. The number of benzene rings is 1. The highest BCUT2D eigenvalue weighted by Crippen LogP contribution is 2.35. The van der Waals surface area contributed by atoms with Gasteiger partial charge in [0.15, 0.2) is 5.78 Å². The van der Waals surface area contributed by atoms with E-state index >= 15 is 0 Å². The van der Waals surface area contributed by atoms with Crippen LogP contribution in [-0.4, -0.2) is 47.5 Å². The summed E-state index contributed by atoms with van der Waals surface area (Å²) in [6.45, 7) is 0. The molecule has 0 saturated carbocycles. The number of barbiturate groups is 1. The van der Waals surface area contributed by atoms with Gasteiger partial charge in [-0.3, -0.25) is 24.2 Å². The smallest absolute Gasteiger partial charge is 0.293 e. The van der Waals surface area contributed by atoms with Crippen molar-refractivity contribution in [3.8, 4) is 0 Å². The van der Waals surface area contributed by atoms with Gasteiger partial charge in [0.05, 0.1) is 4.88 Å². The van der Waals surface area contributed by atoms with E-state index in [1.165, 1.54) is 49.7 Å². The van der Waals surface area contributed by atoms with Gasteiger partial charge in [0.1, 0.15) is 11.7 Å². The Bertz CT molecular complexity index is 871. The molecule has 4 amide bonds.